The van der Waals surface area contributed by atoms with Crippen LogP contribution in [-0.2, 0) is 22.7 Å². The summed E-state index contributed by atoms with van der Waals surface area (Å²) < 4.78 is 16.8. The van der Waals surface area contributed by atoms with Gasteiger partial charge in [0, 0.05) is 30.3 Å². The molecule has 4 rings (SSSR count). The molecule has 0 radical (unpaired) electrons. The third-order valence-electron chi connectivity index (χ3n) is 5.25. The summed E-state index contributed by atoms with van der Waals surface area (Å²) in [6.45, 7) is 6.66. The average molecular weight is 410 g/mol. The summed E-state index contributed by atoms with van der Waals surface area (Å²) in [5, 5.41) is 2.91. The molecular weight excluding hydrogens is 384 g/mol. The molecular formula is C23H26N2O5. The maximum Gasteiger partial charge on any atom is 0.264 e. The number of ether oxygens (including phenoxy) is 3. The Morgan fingerprint density at radius 1 is 1.13 bits per heavy atom. The Labute approximate surface area is 175 Å². The van der Waals surface area contributed by atoms with Gasteiger partial charge in [0.05, 0.1) is 0 Å². The highest BCUT2D eigenvalue weighted by molar-refractivity contribution is 5.92. The quantitative estimate of drug-likeness (QED) is 0.813. The number of nitrogens with one attached hydrogen (secondary N) is 1. The smallest absolute Gasteiger partial charge is 0.264 e. The lowest BCUT2D eigenvalue weighted by Crippen LogP contribution is -2.38. The fourth-order valence-corrected chi connectivity index (χ4v) is 3.52. The fraction of sp³-hybridized carbons (Fsp3) is 0.391. The van der Waals surface area contributed by atoms with Crippen molar-refractivity contribution in [3.8, 4) is 17.2 Å². The molecule has 30 heavy (non-hydrogen) atoms. The van der Waals surface area contributed by atoms with Crippen molar-refractivity contribution >= 4 is 17.5 Å². The molecule has 2 aliphatic heterocycles. The largest absolute Gasteiger partial charge is 0.480 e. The Morgan fingerprint density at radius 3 is 2.67 bits per heavy atom. The second kappa shape index (κ2) is 8.26. The second-order valence-electron chi connectivity index (χ2n) is 7.86. The van der Waals surface area contributed by atoms with E-state index >= 15 is 0 Å². The molecule has 2 heterocycles. The molecule has 0 aromatic heterocycles. The molecule has 1 N–H and O–H groups in total. The number of rotatable bonds is 5. The van der Waals surface area contributed by atoms with Crippen molar-refractivity contribution in [2.45, 2.75) is 46.4 Å². The van der Waals surface area contributed by atoms with Gasteiger partial charge in [-0.1, -0.05) is 26.8 Å². The van der Waals surface area contributed by atoms with Crippen molar-refractivity contribution in [3.63, 3.8) is 0 Å². The molecule has 2 aromatic carbocycles. The number of carbonyl (C=O) groups is 2. The first-order valence-corrected chi connectivity index (χ1v) is 10.2. The maximum atomic E-state index is 13.1. The summed E-state index contributed by atoms with van der Waals surface area (Å²) in [6, 6.07) is 11.2. The van der Waals surface area contributed by atoms with Crippen LogP contribution in [0.25, 0.3) is 0 Å². The zero-order chi connectivity index (χ0) is 21.3. The van der Waals surface area contributed by atoms with Crippen molar-refractivity contribution in [3.05, 3.63) is 47.5 Å². The molecule has 0 unspecified atom stereocenters. The van der Waals surface area contributed by atoms with Crippen LogP contribution in [0, 0.1) is 5.92 Å². The first-order valence-electron chi connectivity index (χ1n) is 10.2. The van der Waals surface area contributed by atoms with Crippen molar-refractivity contribution in [2.75, 3.05) is 12.1 Å². The summed E-state index contributed by atoms with van der Waals surface area (Å²) >= 11 is 0. The van der Waals surface area contributed by atoms with Crippen molar-refractivity contribution in [1.82, 2.24) is 4.90 Å². The molecule has 1 atom stereocenters. The van der Waals surface area contributed by atoms with E-state index in [0.717, 1.165) is 11.1 Å². The fourth-order valence-electron chi connectivity index (χ4n) is 3.52. The van der Waals surface area contributed by atoms with Crippen LogP contribution in [0.5, 0.6) is 17.2 Å². The van der Waals surface area contributed by atoms with Gasteiger partial charge < -0.3 is 24.4 Å². The predicted molar refractivity (Wildman–Crippen MR) is 111 cm³/mol. The van der Waals surface area contributed by atoms with Gasteiger partial charge in [0.2, 0.25) is 12.7 Å². The molecule has 2 aliphatic rings. The molecule has 0 spiro atoms. The highest BCUT2D eigenvalue weighted by atomic mass is 16.7. The number of fused-ring (bicyclic) bond motifs is 2. The Kier molecular flexibility index (Phi) is 5.53. The Balaban J connectivity index is 1.60. The standard InChI is InChI=1S/C23H26N2O5/c1-4-18-23(27)25(11-15-5-7-20-21(9-15)29-13-28-20)12-16-10-17(6-8-19(16)30-18)24-22(26)14(2)3/h5-10,14,18H,4,11-13H2,1-3H3,(H,24,26)/t18-/m0/s1. The maximum absolute atomic E-state index is 13.1. The van der Waals surface area contributed by atoms with Crippen LogP contribution in [0.3, 0.4) is 0 Å². The summed E-state index contributed by atoms with van der Waals surface area (Å²) in [5.74, 6) is 1.85. The van der Waals surface area contributed by atoms with Crippen LogP contribution < -0.4 is 19.5 Å². The van der Waals surface area contributed by atoms with Gasteiger partial charge >= 0.3 is 0 Å². The normalized spacial score (nSPS) is 17.4. The van der Waals surface area contributed by atoms with Crippen LogP contribution in [0.1, 0.15) is 38.3 Å². The molecule has 0 saturated heterocycles. The van der Waals surface area contributed by atoms with Gasteiger partial charge in [-0.25, -0.2) is 0 Å². The zero-order valence-electron chi connectivity index (χ0n) is 17.4. The van der Waals surface area contributed by atoms with E-state index in [1.165, 1.54) is 0 Å². The van der Waals surface area contributed by atoms with E-state index in [0.29, 0.717) is 42.4 Å². The van der Waals surface area contributed by atoms with Crippen molar-refractivity contribution < 1.29 is 23.8 Å². The van der Waals surface area contributed by atoms with Crippen LogP contribution >= 0.6 is 0 Å². The Morgan fingerprint density at radius 2 is 1.90 bits per heavy atom. The first-order chi connectivity index (χ1) is 14.4. The van der Waals surface area contributed by atoms with E-state index in [9.17, 15) is 9.59 Å². The lowest BCUT2D eigenvalue weighted by atomic mass is 10.1. The molecule has 158 valence electrons. The Hall–Kier alpha value is -3.22. The van der Waals surface area contributed by atoms with Gasteiger partial charge in [-0.2, -0.15) is 0 Å². The number of carbonyl (C=O) groups excluding carboxylic acids is 2. The van der Waals surface area contributed by atoms with Crippen LogP contribution in [-0.4, -0.2) is 29.6 Å². The topological polar surface area (TPSA) is 77.1 Å². The zero-order valence-corrected chi connectivity index (χ0v) is 17.4. The van der Waals surface area contributed by atoms with Gasteiger partial charge in [-0.05, 0) is 42.3 Å². The van der Waals surface area contributed by atoms with Crippen molar-refractivity contribution in [2.24, 2.45) is 5.92 Å². The van der Waals surface area contributed by atoms with Crippen LogP contribution in [0.2, 0.25) is 0 Å². The second-order valence-corrected chi connectivity index (χ2v) is 7.86. The van der Waals surface area contributed by atoms with E-state index in [4.69, 9.17) is 14.2 Å². The summed E-state index contributed by atoms with van der Waals surface area (Å²) in [4.78, 5) is 27.0. The van der Waals surface area contributed by atoms with E-state index in [1.807, 2.05) is 57.2 Å². The minimum absolute atomic E-state index is 0.0517. The summed E-state index contributed by atoms with van der Waals surface area (Å²) in [7, 11) is 0. The highest BCUT2D eigenvalue weighted by Gasteiger charge is 2.30. The molecule has 0 saturated carbocycles. The molecule has 2 aromatic rings. The molecule has 2 amide bonds. The number of benzene rings is 2. The van der Waals surface area contributed by atoms with Crippen LogP contribution in [0.4, 0.5) is 5.69 Å². The third-order valence-corrected chi connectivity index (χ3v) is 5.25. The number of amides is 2. The van der Waals surface area contributed by atoms with Crippen LogP contribution in [0.15, 0.2) is 36.4 Å². The first kappa shape index (κ1) is 20.1. The van der Waals surface area contributed by atoms with Crippen molar-refractivity contribution in [1.29, 1.82) is 0 Å². The predicted octanol–water partition coefficient (Wildman–Crippen LogP) is 3.71. The SMILES string of the molecule is CC[C@@H]1Oc2ccc(NC(=O)C(C)C)cc2CN(Cc2ccc3c(c2)OCO3)C1=O. The van der Waals surface area contributed by atoms with Gasteiger partial charge in [0.25, 0.3) is 5.91 Å². The minimum Gasteiger partial charge on any atom is -0.480 e. The molecule has 0 aliphatic carbocycles. The minimum atomic E-state index is -0.545. The van der Waals surface area contributed by atoms with Gasteiger partial charge in [0.15, 0.2) is 17.6 Å². The number of anilines is 1. The van der Waals surface area contributed by atoms with E-state index in [-0.39, 0.29) is 24.5 Å². The number of hydrogen-bond acceptors (Lipinski definition) is 5. The van der Waals surface area contributed by atoms with Gasteiger partial charge in [0.1, 0.15) is 5.75 Å². The Bertz CT molecular complexity index is 972. The third kappa shape index (κ3) is 4.06. The van der Waals surface area contributed by atoms with E-state index in [2.05, 4.69) is 5.32 Å². The summed E-state index contributed by atoms with van der Waals surface area (Å²) in [6.07, 6.45) is 0.0261. The monoisotopic (exact) mass is 410 g/mol. The average Bonchev–Trinajstić information content (AvgIpc) is 3.15. The lowest BCUT2D eigenvalue weighted by molar-refractivity contribution is -0.139. The lowest BCUT2D eigenvalue weighted by Gasteiger charge is -2.23. The highest BCUT2D eigenvalue weighted by Crippen LogP contribution is 2.34. The molecule has 0 bridgehead atoms. The van der Waals surface area contributed by atoms with E-state index in [1.54, 1.807) is 4.90 Å². The van der Waals surface area contributed by atoms with Gasteiger partial charge in [-0.3, -0.25) is 9.59 Å². The summed E-state index contributed by atoms with van der Waals surface area (Å²) in [5.41, 5.74) is 2.51. The number of hydrogen-bond donors (Lipinski definition) is 1. The van der Waals surface area contributed by atoms with E-state index < -0.39 is 6.10 Å². The molecule has 0 fully saturated rings. The number of nitrogens with zero attached hydrogens (tertiary/aromatic N) is 1. The molecule has 7 nitrogen and oxygen atoms in total. The van der Waals surface area contributed by atoms with Gasteiger partial charge in [-0.15, -0.1) is 0 Å². The molecule has 7 heteroatoms.